The molecule has 0 atom stereocenters. The number of H-pyrrole nitrogens is 1. The number of hydrogen-bond acceptors (Lipinski definition) is 5. The monoisotopic (exact) mass is 332 g/mol. The summed E-state index contributed by atoms with van der Waals surface area (Å²) in [6, 6.07) is 4.87. The molecule has 21 heavy (non-hydrogen) atoms. The van der Waals surface area contributed by atoms with Gasteiger partial charge in [-0.15, -0.1) is 0 Å². The van der Waals surface area contributed by atoms with Crippen LogP contribution < -0.4 is 15.2 Å². The summed E-state index contributed by atoms with van der Waals surface area (Å²) in [6.45, 7) is -0.0651. The number of sulfonamides is 2. The van der Waals surface area contributed by atoms with Gasteiger partial charge in [0.2, 0.25) is 20.0 Å². The van der Waals surface area contributed by atoms with E-state index in [-0.39, 0.29) is 18.0 Å². The van der Waals surface area contributed by atoms with Crippen LogP contribution in [-0.4, -0.2) is 41.2 Å². The normalized spacial score (nSPS) is 12.8. The number of nitrogens with two attached hydrogens (primary N) is 1. The molecular formula is C11H16N4O4S2. The molecule has 2 aromatic rings. The number of nitrogen functional groups attached to an aromatic ring is 1. The molecule has 0 unspecified atom stereocenters. The number of anilines is 1. The van der Waals surface area contributed by atoms with Crippen molar-refractivity contribution in [2.24, 2.45) is 0 Å². The second-order valence-corrected chi connectivity index (χ2v) is 8.09. The number of aromatic nitrogens is 1. The molecule has 0 saturated carbocycles. The smallest absolute Gasteiger partial charge is 0.242 e. The average molecular weight is 332 g/mol. The lowest BCUT2D eigenvalue weighted by Gasteiger charge is -2.06. The highest BCUT2D eigenvalue weighted by Gasteiger charge is 2.18. The maximum Gasteiger partial charge on any atom is 0.242 e. The molecule has 8 nitrogen and oxygen atoms in total. The first kappa shape index (κ1) is 15.8. The highest BCUT2D eigenvalue weighted by atomic mass is 32.2. The van der Waals surface area contributed by atoms with E-state index < -0.39 is 20.0 Å². The maximum absolute atomic E-state index is 12.2. The highest BCUT2D eigenvalue weighted by Crippen LogP contribution is 2.24. The molecule has 0 saturated heterocycles. The molecule has 2 rings (SSSR count). The van der Waals surface area contributed by atoms with Gasteiger partial charge in [0.25, 0.3) is 0 Å². The fourth-order valence-corrected chi connectivity index (χ4v) is 3.52. The summed E-state index contributed by atoms with van der Waals surface area (Å²) in [6.07, 6.45) is 2.38. The molecule has 0 bridgehead atoms. The van der Waals surface area contributed by atoms with Crippen LogP contribution in [0.4, 0.5) is 5.69 Å². The van der Waals surface area contributed by atoms with Crippen molar-refractivity contribution in [1.29, 1.82) is 0 Å². The lowest BCUT2D eigenvalue weighted by atomic mass is 10.2. The first-order valence-corrected chi connectivity index (χ1v) is 9.37. The van der Waals surface area contributed by atoms with Gasteiger partial charge in [0.15, 0.2) is 0 Å². The van der Waals surface area contributed by atoms with Gasteiger partial charge in [-0.05, 0) is 18.2 Å². The topological polar surface area (TPSA) is 134 Å². The second kappa shape index (κ2) is 5.64. The first-order chi connectivity index (χ1) is 9.69. The number of rotatable bonds is 6. The molecule has 0 amide bonds. The Morgan fingerprint density at radius 3 is 2.48 bits per heavy atom. The second-order valence-electron chi connectivity index (χ2n) is 4.52. The Morgan fingerprint density at radius 1 is 1.14 bits per heavy atom. The van der Waals surface area contributed by atoms with E-state index in [9.17, 15) is 16.8 Å². The zero-order valence-corrected chi connectivity index (χ0v) is 12.9. The van der Waals surface area contributed by atoms with E-state index in [0.717, 1.165) is 6.26 Å². The first-order valence-electron chi connectivity index (χ1n) is 6.00. The standard InChI is InChI=1S/C11H16N4O4S2/c1-20(16,17)14-4-5-15-21(18,19)11-7-13-10-6-8(12)2-3-9(10)11/h2-3,6-7,13-15H,4-5,12H2,1H3. The molecule has 0 fully saturated rings. The lowest BCUT2D eigenvalue weighted by molar-refractivity contribution is 0.574. The van der Waals surface area contributed by atoms with Gasteiger partial charge in [-0.2, -0.15) is 0 Å². The van der Waals surface area contributed by atoms with Crippen molar-refractivity contribution in [3.8, 4) is 0 Å². The summed E-state index contributed by atoms with van der Waals surface area (Å²) in [5, 5.41) is 0.521. The molecule has 0 radical (unpaired) electrons. The van der Waals surface area contributed by atoms with Crippen LogP contribution in [0.3, 0.4) is 0 Å². The van der Waals surface area contributed by atoms with Gasteiger partial charge in [0.1, 0.15) is 4.90 Å². The van der Waals surface area contributed by atoms with E-state index in [4.69, 9.17) is 5.73 Å². The van der Waals surface area contributed by atoms with Crippen molar-refractivity contribution in [2.75, 3.05) is 25.1 Å². The SMILES string of the molecule is CS(=O)(=O)NCCNS(=O)(=O)c1c[nH]c2cc(N)ccc12. The zero-order valence-electron chi connectivity index (χ0n) is 11.3. The summed E-state index contributed by atoms with van der Waals surface area (Å²) in [5.41, 5.74) is 6.77. The third-order valence-corrected chi connectivity index (χ3v) is 4.97. The number of hydrogen-bond donors (Lipinski definition) is 4. The molecule has 1 heterocycles. The minimum atomic E-state index is -3.73. The van der Waals surface area contributed by atoms with Crippen LogP contribution >= 0.6 is 0 Å². The molecule has 116 valence electrons. The Kier molecular flexibility index (Phi) is 4.23. The molecule has 0 aliphatic rings. The molecule has 1 aromatic heterocycles. The molecule has 0 aliphatic heterocycles. The predicted molar refractivity (Wildman–Crippen MR) is 80.7 cm³/mol. The Balaban J connectivity index is 2.15. The third-order valence-electron chi connectivity index (χ3n) is 2.74. The van der Waals surface area contributed by atoms with E-state index in [0.29, 0.717) is 16.6 Å². The molecule has 5 N–H and O–H groups in total. The van der Waals surface area contributed by atoms with Gasteiger partial charge in [-0.1, -0.05) is 0 Å². The average Bonchev–Trinajstić information content (AvgIpc) is 2.77. The van der Waals surface area contributed by atoms with E-state index in [1.807, 2.05) is 0 Å². The summed E-state index contributed by atoms with van der Waals surface area (Å²) in [7, 11) is -7.07. The number of nitrogens with one attached hydrogen (secondary N) is 3. The number of fused-ring (bicyclic) bond motifs is 1. The number of aromatic amines is 1. The van der Waals surface area contributed by atoms with Gasteiger partial charge in [-0.3, -0.25) is 0 Å². The Bertz CT molecular complexity index is 855. The molecule has 0 spiro atoms. The van der Waals surface area contributed by atoms with Gasteiger partial charge < -0.3 is 10.7 Å². The van der Waals surface area contributed by atoms with Gasteiger partial charge in [0, 0.05) is 35.9 Å². The summed E-state index contributed by atoms with van der Waals surface area (Å²) in [4.78, 5) is 2.93. The fraction of sp³-hybridized carbons (Fsp3) is 0.273. The molecule has 1 aromatic carbocycles. The van der Waals surface area contributed by atoms with Crippen LogP contribution in [0.25, 0.3) is 10.9 Å². The van der Waals surface area contributed by atoms with E-state index in [1.54, 1.807) is 18.2 Å². The van der Waals surface area contributed by atoms with Crippen LogP contribution in [0.1, 0.15) is 0 Å². The van der Waals surface area contributed by atoms with Crippen molar-refractivity contribution >= 4 is 36.6 Å². The highest BCUT2D eigenvalue weighted by molar-refractivity contribution is 7.89. The maximum atomic E-state index is 12.2. The van der Waals surface area contributed by atoms with Crippen LogP contribution in [0.5, 0.6) is 0 Å². The van der Waals surface area contributed by atoms with Crippen LogP contribution in [-0.2, 0) is 20.0 Å². The van der Waals surface area contributed by atoms with Crippen molar-refractivity contribution in [2.45, 2.75) is 4.90 Å². The van der Waals surface area contributed by atoms with Gasteiger partial charge in [-0.25, -0.2) is 26.3 Å². The van der Waals surface area contributed by atoms with Crippen molar-refractivity contribution in [3.63, 3.8) is 0 Å². The van der Waals surface area contributed by atoms with E-state index in [1.165, 1.54) is 6.20 Å². The fourth-order valence-electron chi connectivity index (χ4n) is 1.84. The minimum absolute atomic E-state index is 0.0205. The zero-order chi connectivity index (χ0) is 15.7. The van der Waals surface area contributed by atoms with Gasteiger partial charge in [0.05, 0.1) is 6.26 Å². The van der Waals surface area contributed by atoms with Crippen LogP contribution in [0, 0.1) is 0 Å². The summed E-state index contributed by atoms with van der Waals surface area (Å²) >= 11 is 0. The molecule has 0 aliphatic carbocycles. The molecular weight excluding hydrogens is 316 g/mol. The van der Waals surface area contributed by atoms with Crippen molar-refractivity contribution in [3.05, 3.63) is 24.4 Å². The third kappa shape index (κ3) is 3.94. The largest absolute Gasteiger partial charge is 0.399 e. The Labute approximate surface area is 122 Å². The van der Waals surface area contributed by atoms with Crippen LogP contribution in [0.15, 0.2) is 29.3 Å². The summed E-state index contributed by atoms with van der Waals surface area (Å²) in [5.74, 6) is 0. The quantitative estimate of drug-likeness (QED) is 0.421. The van der Waals surface area contributed by atoms with E-state index in [2.05, 4.69) is 14.4 Å². The summed E-state index contributed by atoms with van der Waals surface area (Å²) < 4.78 is 50.7. The Hall–Kier alpha value is -1.62. The predicted octanol–water partition coefficient (Wildman–Crippen LogP) is -0.422. The minimum Gasteiger partial charge on any atom is -0.399 e. The number of benzene rings is 1. The lowest BCUT2D eigenvalue weighted by Crippen LogP contribution is -2.34. The van der Waals surface area contributed by atoms with Crippen molar-refractivity contribution in [1.82, 2.24) is 14.4 Å². The van der Waals surface area contributed by atoms with E-state index >= 15 is 0 Å². The Morgan fingerprint density at radius 2 is 1.81 bits per heavy atom. The van der Waals surface area contributed by atoms with Crippen molar-refractivity contribution < 1.29 is 16.8 Å². The molecule has 10 heteroatoms. The van der Waals surface area contributed by atoms with Gasteiger partial charge >= 0.3 is 0 Å². The van der Waals surface area contributed by atoms with Crippen LogP contribution in [0.2, 0.25) is 0 Å².